The molecule has 0 saturated carbocycles. The van der Waals surface area contributed by atoms with Crippen LogP contribution in [0.4, 0.5) is 0 Å². The fourth-order valence-electron chi connectivity index (χ4n) is 3.01. The van der Waals surface area contributed by atoms with Crippen LogP contribution in [0.2, 0.25) is 0 Å². The van der Waals surface area contributed by atoms with Gasteiger partial charge in [0.25, 0.3) is 5.91 Å². The molecule has 0 bridgehead atoms. The van der Waals surface area contributed by atoms with Crippen molar-refractivity contribution in [2.45, 2.75) is 26.4 Å². The topological polar surface area (TPSA) is 87.9 Å². The van der Waals surface area contributed by atoms with E-state index in [-0.39, 0.29) is 18.6 Å². The van der Waals surface area contributed by atoms with Gasteiger partial charge in [-0.25, -0.2) is 0 Å². The first kappa shape index (κ1) is 21.2. The molecule has 7 nitrogen and oxygen atoms in total. The second-order valence-electron chi connectivity index (χ2n) is 6.87. The van der Waals surface area contributed by atoms with Crippen molar-refractivity contribution in [3.8, 4) is 5.75 Å². The number of amides is 1. The fourth-order valence-corrected chi connectivity index (χ4v) is 3.01. The van der Waals surface area contributed by atoms with Gasteiger partial charge in [-0.05, 0) is 43.7 Å². The van der Waals surface area contributed by atoms with Crippen LogP contribution in [0.15, 0.2) is 64.0 Å². The molecule has 1 aromatic heterocycles. The molecule has 3 N–H and O–H groups in total. The summed E-state index contributed by atoms with van der Waals surface area (Å²) in [6.07, 6.45) is 0. The number of carbonyl (C=O) groups is 1. The zero-order valence-corrected chi connectivity index (χ0v) is 17.6. The van der Waals surface area contributed by atoms with Gasteiger partial charge >= 0.3 is 0 Å². The van der Waals surface area contributed by atoms with Crippen LogP contribution in [0.3, 0.4) is 0 Å². The van der Waals surface area contributed by atoms with Crippen molar-refractivity contribution >= 4 is 22.8 Å². The van der Waals surface area contributed by atoms with E-state index in [1.54, 1.807) is 7.05 Å². The number of carbonyl (C=O) groups excluding carboxylic acids is 1. The largest absolute Gasteiger partial charge is 0.484 e. The zero-order valence-electron chi connectivity index (χ0n) is 17.6. The van der Waals surface area contributed by atoms with Crippen molar-refractivity contribution in [3.63, 3.8) is 0 Å². The minimum Gasteiger partial charge on any atom is -0.484 e. The first-order valence-electron chi connectivity index (χ1n) is 10.0. The number of benzene rings is 2. The Morgan fingerprint density at radius 3 is 2.73 bits per heavy atom. The summed E-state index contributed by atoms with van der Waals surface area (Å²) in [5, 5.41) is 10.4. The molecule has 0 spiro atoms. The van der Waals surface area contributed by atoms with E-state index in [1.807, 2.05) is 68.4 Å². The Morgan fingerprint density at radius 1 is 1.13 bits per heavy atom. The Bertz CT molecular complexity index is 979. The molecular formula is C23H28N4O3. The summed E-state index contributed by atoms with van der Waals surface area (Å²) in [7, 11) is 1.73. The molecule has 0 saturated heterocycles. The maximum Gasteiger partial charge on any atom is 0.257 e. The average molecular weight is 409 g/mol. The highest BCUT2D eigenvalue weighted by atomic mass is 16.5. The Balaban J connectivity index is 1.54. The summed E-state index contributed by atoms with van der Waals surface area (Å²) in [5.41, 5.74) is 1.89. The molecule has 30 heavy (non-hydrogen) atoms. The van der Waals surface area contributed by atoms with E-state index in [0.717, 1.165) is 22.3 Å². The molecule has 3 aromatic rings. The second kappa shape index (κ2) is 10.3. The quantitative estimate of drug-likeness (QED) is 0.393. The minimum atomic E-state index is -0.134. The number of guanidine groups is 1. The fraction of sp³-hybridized carbons (Fsp3) is 0.304. The first-order valence-corrected chi connectivity index (χ1v) is 10.0. The maximum atomic E-state index is 11.6. The van der Waals surface area contributed by atoms with E-state index < -0.39 is 0 Å². The SMILES string of the molecule is CCNC(=O)COc1cccc(CNC(=NC)NC(C)c2cc3ccccc3o2)c1. The third-order valence-electron chi connectivity index (χ3n) is 4.55. The molecular weight excluding hydrogens is 380 g/mol. The lowest BCUT2D eigenvalue weighted by Crippen LogP contribution is -2.38. The molecule has 2 aromatic carbocycles. The predicted molar refractivity (Wildman–Crippen MR) is 119 cm³/mol. The van der Waals surface area contributed by atoms with E-state index >= 15 is 0 Å². The predicted octanol–water partition coefficient (Wildman–Crippen LogP) is 3.37. The van der Waals surface area contributed by atoms with Crippen LogP contribution in [-0.2, 0) is 11.3 Å². The lowest BCUT2D eigenvalue weighted by atomic mass is 10.2. The van der Waals surface area contributed by atoms with Crippen LogP contribution in [0.5, 0.6) is 5.75 Å². The van der Waals surface area contributed by atoms with Crippen LogP contribution >= 0.6 is 0 Å². The summed E-state index contributed by atoms with van der Waals surface area (Å²) in [6, 6.07) is 17.6. The van der Waals surface area contributed by atoms with Gasteiger partial charge in [0.05, 0.1) is 6.04 Å². The molecule has 1 heterocycles. The van der Waals surface area contributed by atoms with E-state index in [4.69, 9.17) is 9.15 Å². The summed E-state index contributed by atoms with van der Waals surface area (Å²) >= 11 is 0. The molecule has 0 aliphatic rings. The van der Waals surface area contributed by atoms with E-state index in [0.29, 0.717) is 24.8 Å². The average Bonchev–Trinajstić information content (AvgIpc) is 3.20. The minimum absolute atomic E-state index is 0.00294. The molecule has 1 unspecified atom stereocenters. The Labute approximate surface area is 176 Å². The van der Waals surface area contributed by atoms with Gasteiger partial charge in [-0.15, -0.1) is 0 Å². The molecule has 158 valence electrons. The van der Waals surface area contributed by atoms with Crippen LogP contribution in [0, 0.1) is 0 Å². The van der Waals surface area contributed by atoms with Gasteiger partial charge in [-0.3, -0.25) is 9.79 Å². The highest BCUT2D eigenvalue weighted by Crippen LogP contribution is 2.23. The number of furan rings is 1. The van der Waals surface area contributed by atoms with Crippen molar-refractivity contribution in [2.24, 2.45) is 4.99 Å². The van der Waals surface area contributed by atoms with Gasteiger partial charge in [0, 0.05) is 25.5 Å². The molecule has 3 rings (SSSR count). The van der Waals surface area contributed by atoms with Crippen LogP contribution in [0.1, 0.15) is 31.2 Å². The highest BCUT2D eigenvalue weighted by molar-refractivity contribution is 5.81. The zero-order chi connectivity index (χ0) is 21.3. The van der Waals surface area contributed by atoms with Gasteiger partial charge in [0.2, 0.25) is 0 Å². The van der Waals surface area contributed by atoms with Crippen molar-refractivity contribution in [2.75, 3.05) is 20.2 Å². The standard InChI is InChI=1S/C23H28N4O3/c1-4-25-22(28)15-29-19-10-7-8-17(12-19)14-26-23(24-3)27-16(2)21-13-18-9-5-6-11-20(18)30-21/h5-13,16H,4,14-15H2,1-3H3,(H,25,28)(H2,24,26,27). The Hall–Kier alpha value is -3.48. The number of rotatable bonds is 8. The van der Waals surface area contributed by atoms with Crippen LogP contribution < -0.4 is 20.7 Å². The monoisotopic (exact) mass is 408 g/mol. The summed E-state index contributed by atoms with van der Waals surface area (Å²) in [5.74, 6) is 2.03. The van der Waals surface area contributed by atoms with Crippen molar-refractivity contribution in [1.82, 2.24) is 16.0 Å². The van der Waals surface area contributed by atoms with Gasteiger partial charge < -0.3 is 25.1 Å². The van der Waals surface area contributed by atoms with E-state index in [9.17, 15) is 4.79 Å². The van der Waals surface area contributed by atoms with Crippen LogP contribution in [-0.4, -0.2) is 32.1 Å². The third-order valence-corrected chi connectivity index (χ3v) is 4.55. The molecule has 1 atom stereocenters. The molecule has 7 heteroatoms. The highest BCUT2D eigenvalue weighted by Gasteiger charge is 2.13. The lowest BCUT2D eigenvalue weighted by Gasteiger charge is -2.16. The summed E-state index contributed by atoms with van der Waals surface area (Å²) in [4.78, 5) is 15.8. The van der Waals surface area contributed by atoms with Crippen molar-refractivity contribution in [3.05, 3.63) is 65.9 Å². The van der Waals surface area contributed by atoms with Gasteiger partial charge in [0.15, 0.2) is 12.6 Å². The van der Waals surface area contributed by atoms with Crippen molar-refractivity contribution in [1.29, 1.82) is 0 Å². The van der Waals surface area contributed by atoms with Crippen molar-refractivity contribution < 1.29 is 13.9 Å². The first-order chi connectivity index (χ1) is 14.6. The maximum absolute atomic E-state index is 11.6. The number of nitrogens with one attached hydrogen (secondary N) is 3. The second-order valence-corrected chi connectivity index (χ2v) is 6.87. The van der Waals surface area contributed by atoms with Gasteiger partial charge in [-0.1, -0.05) is 30.3 Å². The van der Waals surface area contributed by atoms with Crippen LogP contribution in [0.25, 0.3) is 11.0 Å². The number of para-hydroxylation sites is 1. The summed E-state index contributed by atoms with van der Waals surface area (Å²) < 4.78 is 11.5. The van der Waals surface area contributed by atoms with E-state index in [1.165, 1.54) is 0 Å². The number of aliphatic imine (C=N–C) groups is 1. The molecule has 0 aliphatic heterocycles. The summed E-state index contributed by atoms with van der Waals surface area (Å²) in [6.45, 7) is 5.05. The van der Waals surface area contributed by atoms with E-state index in [2.05, 4.69) is 20.9 Å². The molecule has 1 amide bonds. The number of hydrogen-bond donors (Lipinski definition) is 3. The molecule has 0 radical (unpaired) electrons. The molecule has 0 aliphatic carbocycles. The number of hydrogen-bond acceptors (Lipinski definition) is 4. The smallest absolute Gasteiger partial charge is 0.257 e. The number of likely N-dealkylation sites (N-methyl/N-ethyl adjacent to an activating group) is 1. The Morgan fingerprint density at radius 2 is 1.97 bits per heavy atom. The third kappa shape index (κ3) is 5.76. The van der Waals surface area contributed by atoms with Gasteiger partial charge in [-0.2, -0.15) is 0 Å². The number of fused-ring (bicyclic) bond motifs is 1. The normalized spacial score (nSPS) is 12.4. The number of ether oxygens (including phenoxy) is 1. The number of nitrogens with zero attached hydrogens (tertiary/aromatic N) is 1. The Kier molecular flexibility index (Phi) is 7.32. The molecule has 0 fully saturated rings. The van der Waals surface area contributed by atoms with Gasteiger partial charge in [0.1, 0.15) is 17.1 Å². The lowest BCUT2D eigenvalue weighted by molar-refractivity contribution is -0.122.